The van der Waals surface area contributed by atoms with E-state index in [1.165, 1.54) is 0 Å². The molecule has 0 bridgehead atoms. The van der Waals surface area contributed by atoms with E-state index in [2.05, 4.69) is 10.00 Å². The number of hydrogen-bond acceptors (Lipinski definition) is 4. The van der Waals surface area contributed by atoms with Gasteiger partial charge in [-0.2, -0.15) is 5.10 Å². The van der Waals surface area contributed by atoms with Gasteiger partial charge >= 0.3 is 5.97 Å². The summed E-state index contributed by atoms with van der Waals surface area (Å²) in [7, 11) is 1.82. The predicted molar refractivity (Wildman–Crippen MR) is 74.9 cm³/mol. The van der Waals surface area contributed by atoms with Crippen molar-refractivity contribution < 1.29 is 14.6 Å². The van der Waals surface area contributed by atoms with Crippen LogP contribution in [0.15, 0.2) is 0 Å². The third kappa shape index (κ3) is 3.31. The minimum absolute atomic E-state index is 0.0827. The molecule has 1 N–H and O–H groups in total. The van der Waals surface area contributed by atoms with Crippen molar-refractivity contribution in [3.05, 3.63) is 16.4 Å². The lowest BCUT2D eigenvalue weighted by molar-refractivity contribution is -0.140. The Morgan fingerprint density at radius 2 is 2.35 bits per heavy atom. The largest absolute Gasteiger partial charge is 0.481 e. The van der Waals surface area contributed by atoms with Gasteiger partial charge in [-0.25, -0.2) is 0 Å². The molecule has 1 atom stereocenters. The Hall–Kier alpha value is -1.11. The van der Waals surface area contributed by atoms with Gasteiger partial charge in [0.2, 0.25) is 0 Å². The highest BCUT2D eigenvalue weighted by Gasteiger charge is 2.27. The molecule has 6 nitrogen and oxygen atoms in total. The number of aromatic nitrogens is 2. The van der Waals surface area contributed by atoms with Crippen molar-refractivity contribution in [2.75, 3.05) is 19.8 Å². The van der Waals surface area contributed by atoms with E-state index in [9.17, 15) is 4.79 Å². The maximum Gasteiger partial charge on any atom is 0.305 e. The summed E-state index contributed by atoms with van der Waals surface area (Å²) in [5, 5.41) is 14.0. The Balaban J connectivity index is 2.16. The molecule has 20 heavy (non-hydrogen) atoms. The lowest BCUT2D eigenvalue weighted by Gasteiger charge is -2.34. The number of carbonyl (C=O) groups is 1. The zero-order valence-electron chi connectivity index (χ0n) is 11.8. The van der Waals surface area contributed by atoms with Gasteiger partial charge in [0.05, 0.1) is 25.3 Å². The lowest BCUT2D eigenvalue weighted by Crippen LogP contribution is -2.46. The summed E-state index contributed by atoms with van der Waals surface area (Å²) in [4.78, 5) is 13.1. The number of morpholine rings is 1. The summed E-state index contributed by atoms with van der Waals surface area (Å²) >= 11 is 6.29. The van der Waals surface area contributed by atoms with E-state index in [1.807, 2.05) is 14.0 Å². The van der Waals surface area contributed by atoms with Crippen LogP contribution >= 0.6 is 11.6 Å². The van der Waals surface area contributed by atoms with Gasteiger partial charge in [-0.05, 0) is 6.42 Å². The van der Waals surface area contributed by atoms with Gasteiger partial charge in [-0.15, -0.1) is 0 Å². The zero-order valence-corrected chi connectivity index (χ0v) is 12.6. The van der Waals surface area contributed by atoms with Crippen LogP contribution in [0.2, 0.25) is 5.15 Å². The molecule has 7 heteroatoms. The molecular formula is C13H20ClN3O3. The molecule has 1 aliphatic heterocycles. The molecule has 0 spiro atoms. The molecular weight excluding hydrogens is 282 g/mol. The molecule has 0 amide bonds. The van der Waals surface area contributed by atoms with Gasteiger partial charge in [0.25, 0.3) is 0 Å². The van der Waals surface area contributed by atoms with Crippen LogP contribution < -0.4 is 0 Å². The smallest absolute Gasteiger partial charge is 0.305 e. The first-order valence-electron chi connectivity index (χ1n) is 6.76. The Labute approximate surface area is 123 Å². The van der Waals surface area contributed by atoms with E-state index < -0.39 is 5.97 Å². The lowest BCUT2D eigenvalue weighted by atomic mass is 10.1. The molecule has 0 aliphatic carbocycles. The van der Waals surface area contributed by atoms with Crippen LogP contribution in [-0.2, 0) is 29.5 Å². The summed E-state index contributed by atoms with van der Waals surface area (Å²) in [5.74, 6) is -0.807. The number of hydrogen-bond donors (Lipinski definition) is 1. The van der Waals surface area contributed by atoms with E-state index in [-0.39, 0.29) is 12.5 Å². The van der Waals surface area contributed by atoms with Gasteiger partial charge in [0, 0.05) is 31.7 Å². The summed E-state index contributed by atoms with van der Waals surface area (Å²) in [6.07, 6.45) is 0.892. The molecule has 1 aliphatic rings. The van der Waals surface area contributed by atoms with Crippen molar-refractivity contribution in [2.24, 2.45) is 7.05 Å². The topological polar surface area (TPSA) is 67.6 Å². The van der Waals surface area contributed by atoms with Gasteiger partial charge in [-0.3, -0.25) is 14.4 Å². The second kappa shape index (κ2) is 6.56. The number of aliphatic carboxylic acids is 1. The molecule has 0 unspecified atom stereocenters. The van der Waals surface area contributed by atoms with Gasteiger partial charge in [0.1, 0.15) is 5.15 Å². The van der Waals surface area contributed by atoms with Crippen molar-refractivity contribution in [1.82, 2.24) is 14.7 Å². The van der Waals surface area contributed by atoms with Crippen LogP contribution in [0.1, 0.15) is 24.6 Å². The van der Waals surface area contributed by atoms with E-state index in [1.54, 1.807) is 4.68 Å². The third-order valence-corrected chi connectivity index (χ3v) is 4.08. The van der Waals surface area contributed by atoms with Gasteiger partial charge in [0.15, 0.2) is 0 Å². The van der Waals surface area contributed by atoms with Gasteiger partial charge < -0.3 is 9.84 Å². The molecule has 2 rings (SSSR count). The maximum atomic E-state index is 10.9. The van der Waals surface area contributed by atoms with Crippen LogP contribution in [0, 0.1) is 0 Å². The average molecular weight is 302 g/mol. The number of carboxylic acid groups (broad SMARTS) is 1. The van der Waals surface area contributed by atoms with Crippen LogP contribution in [0.3, 0.4) is 0 Å². The number of halogens is 1. The van der Waals surface area contributed by atoms with E-state index >= 15 is 0 Å². The molecule has 1 saturated heterocycles. The quantitative estimate of drug-likeness (QED) is 0.888. The summed E-state index contributed by atoms with van der Waals surface area (Å²) in [5.41, 5.74) is 1.96. The second-order valence-electron chi connectivity index (χ2n) is 4.99. The average Bonchev–Trinajstić information content (AvgIpc) is 2.68. The Morgan fingerprint density at radius 3 is 3.00 bits per heavy atom. The molecule has 112 valence electrons. The summed E-state index contributed by atoms with van der Waals surface area (Å²) < 4.78 is 7.05. The van der Waals surface area contributed by atoms with Crippen molar-refractivity contribution in [3.8, 4) is 0 Å². The monoisotopic (exact) mass is 301 g/mol. The van der Waals surface area contributed by atoms with Gasteiger partial charge in [-0.1, -0.05) is 18.5 Å². The molecule has 0 aromatic carbocycles. The highest BCUT2D eigenvalue weighted by atomic mass is 35.5. The summed E-state index contributed by atoms with van der Waals surface area (Å²) in [6.45, 7) is 4.45. The first-order valence-corrected chi connectivity index (χ1v) is 7.14. The van der Waals surface area contributed by atoms with Crippen LogP contribution in [0.5, 0.6) is 0 Å². The van der Waals surface area contributed by atoms with E-state index in [0.29, 0.717) is 31.5 Å². The molecule has 0 saturated carbocycles. The second-order valence-corrected chi connectivity index (χ2v) is 5.35. The molecule has 0 radical (unpaired) electrons. The minimum atomic E-state index is -0.807. The Kier molecular flexibility index (Phi) is 5.01. The predicted octanol–water partition coefficient (Wildman–Crippen LogP) is 1.31. The number of aryl methyl sites for hydroxylation is 2. The summed E-state index contributed by atoms with van der Waals surface area (Å²) in [6, 6.07) is -0.109. The Morgan fingerprint density at radius 1 is 1.60 bits per heavy atom. The molecule has 1 aromatic rings. The van der Waals surface area contributed by atoms with Crippen molar-refractivity contribution >= 4 is 17.6 Å². The zero-order chi connectivity index (χ0) is 14.7. The highest BCUT2D eigenvalue weighted by Crippen LogP contribution is 2.24. The SMILES string of the molecule is CCc1nn(C)c(Cl)c1CN1CCOC[C@@H]1CC(=O)O. The molecule has 1 fully saturated rings. The Bertz CT molecular complexity index is 489. The third-order valence-electron chi connectivity index (χ3n) is 3.61. The highest BCUT2D eigenvalue weighted by molar-refractivity contribution is 6.30. The number of ether oxygens (including phenoxy) is 1. The van der Waals surface area contributed by atoms with E-state index in [4.69, 9.17) is 21.4 Å². The van der Waals surface area contributed by atoms with E-state index in [0.717, 1.165) is 17.7 Å². The van der Waals surface area contributed by atoms with Crippen LogP contribution in [-0.4, -0.2) is 51.6 Å². The number of nitrogens with zero attached hydrogens (tertiary/aromatic N) is 3. The standard InChI is InChI=1S/C13H20ClN3O3/c1-3-11-10(13(14)16(2)15-11)7-17-4-5-20-8-9(17)6-12(18)19/h9H,3-8H2,1-2H3,(H,18,19)/t9-/m0/s1. The fraction of sp³-hybridized carbons (Fsp3) is 0.692. The fourth-order valence-electron chi connectivity index (χ4n) is 2.53. The maximum absolute atomic E-state index is 10.9. The van der Waals surface area contributed by atoms with Crippen molar-refractivity contribution in [2.45, 2.75) is 32.4 Å². The first kappa shape index (κ1) is 15.3. The molecule has 1 aromatic heterocycles. The first-order chi connectivity index (χ1) is 9.52. The number of rotatable bonds is 5. The normalized spacial score (nSPS) is 20.2. The minimum Gasteiger partial charge on any atom is -0.481 e. The van der Waals surface area contributed by atoms with Crippen LogP contribution in [0.25, 0.3) is 0 Å². The fourth-order valence-corrected chi connectivity index (χ4v) is 2.74. The molecule has 2 heterocycles. The van der Waals surface area contributed by atoms with Crippen molar-refractivity contribution in [1.29, 1.82) is 0 Å². The van der Waals surface area contributed by atoms with Crippen LogP contribution in [0.4, 0.5) is 0 Å². The van der Waals surface area contributed by atoms with Crippen molar-refractivity contribution in [3.63, 3.8) is 0 Å². The number of carboxylic acids is 1.